The fourth-order valence-corrected chi connectivity index (χ4v) is 2.98. The zero-order chi connectivity index (χ0) is 14.1. The van der Waals surface area contributed by atoms with Crippen LogP contribution in [0.5, 0.6) is 0 Å². The number of hydrogen-bond donors (Lipinski definition) is 1. The number of furan rings is 1. The molecular weight excluding hydrogens is 252 g/mol. The zero-order valence-corrected chi connectivity index (χ0v) is 11.8. The van der Waals surface area contributed by atoms with Gasteiger partial charge in [-0.1, -0.05) is 13.3 Å². The van der Waals surface area contributed by atoms with Crippen LogP contribution < -0.4 is 5.73 Å². The largest absolute Gasteiger partial charge is 0.451 e. The average Bonchev–Trinajstić information content (AvgIpc) is 3.04. The predicted molar refractivity (Wildman–Crippen MR) is 79.5 cm³/mol. The summed E-state index contributed by atoms with van der Waals surface area (Å²) in [5.74, 6) is 1.06. The maximum atomic E-state index is 12.5. The molecule has 0 saturated carbocycles. The summed E-state index contributed by atoms with van der Waals surface area (Å²) in [5.41, 5.74) is 7.14. The number of fused-ring (bicyclic) bond motifs is 1. The number of rotatable bonds is 3. The van der Waals surface area contributed by atoms with Gasteiger partial charge in [0.2, 0.25) is 0 Å². The van der Waals surface area contributed by atoms with E-state index in [1.165, 1.54) is 12.8 Å². The van der Waals surface area contributed by atoms with Gasteiger partial charge >= 0.3 is 0 Å². The first kappa shape index (κ1) is 13.0. The first-order valence-corrected chi connectivity index (χ1v) is 7.25. The molecule has 1 aliphatic heterocycles. The smallest absolute Gasteiger partial charge is 0.289 e. The third kappa shape index (κ3) is 2.38. The van der Waals surface area contributed by atoms with Crippen LogP contribution in [-0.4, -0.2) is 23.9 Å². The highest BCUT2D eigenvalue weighted by molar-refractivity contribution is 5.96. The van der Waals surface area contributed by atoms with Crippen molar-refractivity contribution in [2.45, 2.75) is 26.2 Å². The average molecular weight is 272 g/mol. The maximum absolute atomic E-state index is 12.5. The van der Waals surface area contributed by atoms with Crippen LogP contribution in [0.3, 0.4) is 0 Å². The quantitative estimate of drug-likeness (QED) is 0.872. The Kier molecular flexibility index (Phi) is 3.38. The SMILES string of the molecule is CCCC1CCN(C(=O)c2cc3cc(N)ccc3o2)C1. The molecule has 1 aromatic carbocycles. The number of amides is 1. The molecule has 1 aliphatic rings. The lowest BCUT2D eigenvalue weighted by atomic mass is 10.0. The van der Waals surface area contributed by atoms with Crippen LogP contribution in [0, 0.1) is 5.92 Å². The number of likely N-dealkylation sites (tertiary alicyclic amines) is 1. The molecule has 0 spiro atoms. The van der Waals surface area contributed by atoms with Crippen LogP contribution in [0.4, 0.5) is 5.69 Å². The summed E-state index contributed by atoms with van der Waals surface area (Å²) >= 11 is 0. The minimum Gasteiger partial charge on any atom is -0.451 e. The highest BCUT2D eigenvalue weighted by atomic mass is 16.3. The second-order valence-electron chi connectivity index (χ2n) is 5.60. The fourth-order valence-electron chi connectivity index (χ4n) is 2.98. The Morgan fingerprint density at radius 3 is 3.10 bits per heavy atom. The number of anilines is 1. The summed E-state index contributed by atoms with van der Waals surface area (Å²) in [5, 5.41) is 0.887. The van der Waals surface area contributed by atoms with E-state index in [4.69, 9.17) is 10.2 Å². The lowest BCUT2D eigenvalue weighted by molar-refractivity contribution is 0.0757. The Labute approximate surface area is 118 Å². The molecule has 1 saturated heterocycles. The normalized spacial score (nSPS) is 18.9. The topological polar surface area (TPSA) is 59.5 Å². The number of carbonyl (C=O) groups excluding carboxylic acids is 1. The molecule has 2 aromatic rings. The summed E-state index contributed by atoms with van der Waals surface area (Å²) in [6.45, 7) is 3.88. The van der Waals surface area contributed by atoms with Gasteiger partial charge in [0.1, 0.15) is 5.58 Å². The third-order valence-electron chi connectivity index (χ3n) is 4.02. The number of hydrogen-bond acceptors (Lipinski definition) is 3. The van der Waals surface area contributed by atoms with Gasteiger partial charge in [0.25, 0.3) is 5.91 Å². The molecule has 1 amide bonds. The summed E-state index contributed by atoms with van der Waals surface area (Å²) in [4.78, 5) is 14.4. The molecule has 1 atom stereocenters. The van der Waals surface area contributed by atoms with E-state index < -0.39 is 0 Å². The van der Waals surface area contributed by atoms with E-state index in [-0.39, 0.29) is 5.91 Å². The maximum Gasteiger partial charge on any atom is 0.289 e. The van der Waals surface area contributed by atoms with Crippen LogP contribution >= 0.6 is 0 Å². The first-order chi connectivity index (χ1) is 9.67. The molecule has 1 unspecified atom stereocenters. The number of benzene rings is 1. The van der Waals surface area contributed by atoms with E-state index in [0.717, 1.165) is 24.9 Å². The second-order valence-corrected chi connectivity index (χ2v) is 5.60. The molecule has 0 radical (unpaired) electrons. The monoisotopic (exact) mass is 272 g/mol. The Morgan fingerprint density at radius 2 is 2.30 bits per heavy atom. The fraction of sp³-hybridized carbons (Fsp3) is 0.438. The van der Waals surface area contributed by atoms with Gasteiger partial charge in [-0.25, -0.2) is 0 Å². The van der Waals surface area contributed by atoms with Crippen molar-refractivity contribution in [3.05, 3.63) is 30.0 Å². The van der Waals surface area contributed by atoms with Gasteiger partial charge in [-0.2, -0.15) is 0 Å². The lowest BCUT2D eigenvalue weighted by Gasteiger charge is -2.14. The molecule has 20 heavy (non-hydrogen) atoms. The zero-order valence-electron chi connectivity index (χ0n) is 11.8. The molecule has 106 valence electrons. The Bertz CT molecular complexity index is 632. The van der Waals surface area contributed by atoms with E-state index in [9.17, 15) is 4.79 Å². The molecule has 1 fully saturated rings. The predicted octanol–water partition coefficient (Wildman–Crippen LogP) is 3.28. The van der Waals surface area contributed by atoms with Gasteiger partial charge < -0.3 is 15.1 Å². The number of nitrogens with two attached hydrogens (primary N) is 1. The van der Waals surface area contributed by atoms with Crippen molar-refractivity contribution in [1.29, 1.82) is 0 Å². The van der Waals surface area contributed by atoms with Crippen LogP contribution in [0.25, 0.3) is 11.0 Å². The third-order valence-corrected chi connectivity index (χ3v) is 4.02. The van der Waals surface area contributed by atoms with Crippen LogP contribution in [0.1, 0.15) is 36.7 Å². The van der Waals surface area contributed by atoms with Crippen molar-refractivity contribution >= 4 is 22.6 Å². The molecule has 2 N–H and O–H groups in total. The van der Waals surface area contributed by atoms with Gasteiger partial charge in [-0.15, -0.1) is 0 Å². The molecule has 0 aliphatic carbocycles. The molecule has 4 heteroatoms. The first-order valence-electron chi connectivity index (χ1n) is 7.25. The summed E-state index contributed by atoms with van der Waals surface area (Å²) in [6.07, 6.45) is 3.48. The molecule has 0 bridgehead atoms. The minimum atomic E-state index is -0.00151. The van der Waals surface area contributed by atoms with Gasteiger partial charge in [-0.05, 0) is 43.0 Å². The standard InChI is InChI=1S/C16H20N2O2/c1-2-3-11-6-7-18(10-11)16(19)15-9-12-8-13(17)4-5-14(12)20-15/h4-5,8-9,11H,2-3,6-7,10,17H2,1H3. The number of nitrogens with zero attached hydrogens (tertiary/aromatic N) is 1. The van der Waals surface area contributed by atoms with Crippen molar-refractivity contribution in [3.8, 4) is 0 Å². The molecule has 2 heterocycles. The Hall–Kier alpha value is -1.97. The van der Waals surface area contributed by atoms with E-state index >= 15 is 0 Å². The summed E-state index contributed by atoms with van der Waals surface area (Å²) in [7, 11) is 0. The Balaban J connectivity index is 1.79. The van der Waals surface area contributed by atoms with Gasteiger partial charge in [0.05, 0.1) is 0 Å². The lowest BCUT2D eigenvalue weighted by Crippen LogP contribution is -2.28. The van der Waals surface area contributed by atoms with Gasteiger partial charge in [-0.3, -0.25) is 4.79 Å². The number of carbonyl (C=O) groups is 1. The summed E-state index contributed by atoms with van der Waals surface area (Å²) in [6, 6.07) is 7.22. The van der Waals surface area contributed by atoms with Gasteiger partial charge in [0, 0.05) is 24.2 Å². The van der Waals surface area contributed by atoms with E-state index in [1.54, 1.807) is 12.1 Å². The van der Waals surface area contributed by atoms with Crippen LogP contribution in [0.2, 0.25) is 0 Å². The van der Waals surface area contributed by atoms with Crippen LogP contribution in [0.15, 0.2) is 28.7 Å². The molecular formula is C16H20N2O2. The van der Waals surface area contributed by atoms with E-state index in [2.05, 4.69) is 6.92 Å². The molecule has 4 nitrogen and oxygen atoms in total. The number of nitrogen functional groups attached to an aromatic ring is 1. The highest BCUT2D eigenvalue weighted by Gasteiger charge is 2.28. The van der Waals surface area contributed by atoms with Crippen molar-refractivity contribution in [3.63, 3.8) is 0 Å². The second kappa shape index (κ2) is 5.19. The van der Waals surface area contributed by atoms with Crippen molar-refractivity contribution in [2.75, 3.05) is 18.8 Å². The van der Waals surface area contributed by atoms with Crippen molar-refractivity contribution in [1.82, 2.24) is 4.90 Å². The van der Waals surface area contributed by atoms with E-state index in [1.807, 2.05) is 17.0 Å². The van der Waals surface area contributed by atoms with Crippen LogP contribution in [-0.2, 0) is 0 Å². The minimum absolute atomic E-state index is 0.00151. The highest BCUT2D eigenvalue weighted by Crippen LogP contribution is 2.26. The Morgan fingerprint density at radius 1 is 1.45 bits per heavy atom. The molecule has 1 aromatic heterocycles. The van der Waals surface area contributed by atoms with E-state index in [0.29, 0.717) is 22.9 Å². The summed E-state index contributed by atoms with van der Waals surface area (Å²) < 4.78 is 5.65. The van der Waals surface area contributed by atoms with Crippen molar-refractivity contribution < 1.29 is 9.21 Å². The van der Waals surface area contributed by atoms with Gasteiger partial charge in [0.15, 0.2) is 5.76 Å². The molecule has 3 rings (SSSR count). The van der Waals surface area contributed by atoms with Crippen molar-refractivity contribution in [2.24, 2.45) is 5.92 Å².